The molecule has 0 amide bonds. The first-order valence-corrected chi connectivity index (χ1v) is 8.96. The van der Waals surface area contributed by atoms with Crippen molar-refractivity contribution in [1.29, 1.82) is 0 Å². The molecule has 0 heterocycles. The van der Waals surface area contributed by atoms with Crippen molar-refractivity contribution >= 4 is 18.6 Å². The smallest absolute Gasteiger partial charge is 0.111 e. The molecule has 0 saturated heterocycles. The van der Waals surface area contributed by atoms with Crippen LogP contribution >= 0.6 is 0 Å². The van der Waals surface area contributed by atoms with E-state index in [9.17, 15) is 0 Å². The van der Waals surface area contributed by atoms with Crippen LogP contribution in [0.5, 0.6) is 0 Å². The van der Waals surface area contributed by atoms with Crippen molar-refractivity contribution in [2.24, 2.45) is 11.8 Å². The van der Waals surface area contributed by atoms with Gasteiger partial charge in [0.15, 0.2) is 0 Å². The second-order valence-corrected chi connectivity index (χ2v) is 8.88. The standard InChI is InChI=1S/C8H7.2C4H9.Al/c1-2-8-6-4-3-5-7-8;2*1-4(2)3;/h3-7H,1H2;2*4H,1H2,2-3H3;. The number of hydrogen-bond donors (Lipinski definition) is 0. The quantitative estimate of drug-likeness (QED) is 0.614. The van der Waals surface area contributed by atoms with Gasteiger partial charge < -0.3 is 0 Å². The highest BCUT2D eigenvalue weighted by Crippen LogP contribution is 2.26. The first-order valence-electron chi connectivity index (χ1n) is 6.75. The molecule has 0 N–H and O–H groups in total. The molecule has 1 aromatic rings. The SMILES string of the molecule is C=[C](c1ccccc1)[Al]([CH2]C(C)C)[CH2]C(C)C. The van der Waals surface area contributed by atoms with Crippen LogP contribution in [0.1, 0.15) is 33.3 Å². The average molecular weight is 244 g/mol. The highest BCUT2D eigenvalue weighted by atomic mass is 27.2. The van der Waals surface area contributed by atoms with Crippen LogP contribution in [0.25, 0.3) is 4.44 Å². The molecule has 0 aliphatic heterocycles. The fourth-order valence-corrected chi connectivity index (χ4v) is 6.11. The van der Waals surface area contributed by atoms with Gasteiger partial charge in [-0.25, -0.2) is 0 Å². The lowest BCUT2D eigenvalue weighted by Gasteiger charge is -2.19. The zero-order chi connectivity index (χ0) is 12.8. The maximum Gasteiger partial charge on any atom is 0.306 e. The average Bonchev–Trinajstić information content (AvgIpc) is 2.27. The van der Waals surface area contributed by atoms with Crippen LogP contribution in [0.4, 0.5) is 0 Å². The van der Waals surface area contributed by atoms with Crippen molar-refractivity contribution in [1.82, 2.24) is 0 Å². The molecule has 1 heteroatoms. The molecule has 1 rings (SSSR count). The maximum atomic E-state index is 4.39. The molecule has 92 valence electrons. The Bertz CT molecular complexity index is 328. The van der Waals surface area contributed by atoms with Crippen molar-refractivity contribution in [3.63, 3.8) is 0 Å². The van der Waals surface area contributed by atoms with Crippen LogP contribution in [0, 0.1) is 11.8 Å². The minimum absolute atomic E-state index is 0.797. The summed E-state index contributed by atoms with van der Waals surface area (Å²) >= 11 is -0.865. The van der Waals surface area contributed by atoms with Gasteiger partial charge in [0.2, 0.25) is 0 Å². The van der Waals surface area contributed by atoms with Crippen LogP contribution < -0.4 is 0 Å². The molecule has 0 nitrogen and oxygen atoms in total. The Kier molecular flexibility index (Phi) is 6.03. The van der Waals surface area contributed by atoms with E-state index in [0.717, 1.165) is 11.8 Å². The molecule has 0 radical (unpaired) electrons. The molecule has 0 saturated carbocycles. The van der Waals surface area contributed by atoms with E-state index in [1.807, 2.05) is 0 Å². The van der Waals surface area contributed by atoms with Crippen LogP contribution in [-0.4, -0.2) is 14.1 Å². The summed E-state index contributed by atoms with van der Waals surface area (Å²) in [6.45, 7) is 13.7. The van der Waals surface area contributed by atoms with Crippen molar-refractivity contribution < 1.29 is 0 Å². The zero-order valence-corrected chi connectivity index (χ0v) is 12.9. The van der Waals surface area contributed by atoms with E-state index in [0.29, 0.717) is 0 Å². The minimum Gasteiger partial charge on any atom is -0.111 e. The molecular formula is C16H25Al. The van der Waals surface area contributed by atoms with E-state index < -0.39 is 14.1 Å². The Morgan fingerprint density at radius 2 is 1.47 bits per heavy atom. The van der Waals surface area contributed by atoms with Crippen molar-refractivity contribution in [3.8, 4) is 0 Å². The summed E-state index contributed by atoms with van der Waals surface area (Å²) in [5.74, 6) is 1.59. The number of rotatable bonds is 6. The lowest BCUT2D eigenvalue weighted by molar-refractivity contribution is 0.695. The van der Waals surface area contributed by atoms with Gasteiger partial charge in [-0.2, -0.15) is 0 Å². The van der Waals surface area contributed by atoms with Gasteiger partial charge in [0.1, 0.15) is 0 Å². The monoisotopic (exact) mass is 244 g/mol. The molecule has 0 aliphatic rings. The molecule has 0 aliphatic carbocycles. The number of hydrogen-bond acceptors (Lipinski definition) is 0. The summed E-state index contributed by atoms with van der Waals surface area (Å²) in [7, 11) is 0. The van der Waals surface area contributed by atoms with Crippen LogP contribution in [-0.2, 0) is 0 Å². The summed E-state index contributed by atoms with van der Waals surface area (Å²) < 4.78 is 1.45. The summed E-state index contributed by atoms with van der Waals surface area (Å²) in [6, 6.07) is 10.7. The van der Waals surface area contributed by atoms with Crippen LogP contribution in [0.3, 0.4) is 0 Å². The van der Waals surface area contributed by atoms with Gasteiger partial charge >= 0.3 is 14.1 Å². The van der Waals surface area contributed by atoms with Crippen molar-refractivity contribution in [3.05, 3.63) is 42.5 Å². The van der Waals surface area contributed by atoms with Gasteiger partial charge in [-0.05, 0) is 5.56 Å². The van der Waals surface area contributed by atoms with E-state index in [-0.39, 0.29) is 0 Å². The molecule has 0 aromatic heterocycles. The van der Waals surface area contributed by atoms with Crippen LogP contribution in [0.15, 0.2) is 36.9 Å². The highest BCUT2D eigenvalue weighted by molar-refractivity contribution is 6.78. The van der Waals surface area contributed by atoms with E-state index in [1.54, 1.807) is 0 Å². The molecule has 0 spiro atoms. The summed E-state index contributed by atoms with van der Waals surface area (Å²) in [4.78, 5) is 0. The van der Waals surface area contributed by atoms with E-state index in [4.69, 9.17) is 0 Å². The third-order valence-corrected chi connectivity index (χ3v) is 7.49. The molecule has 0 bridgehead atoms. The number of benzene rings is 1. The first kappa shape index (κ1) is 14.6. The third-order valence-electron chi connectivity index (χ3n) is 3.15. The fraction of sp³-hybridized carbons (Fsp3) is 0.500. The van der Waals surface area contributed by atoms with Crippen LogP contribution in [0.2, 0.25) is 10.6 Å². The third kappa shape index (κ3) is 5.11. The predicted molar refractivity (Wildman–Crippen MR) is 80.5 cm³/mol. The predicted octanol–water partition coefficient (Wildman–Crippen LogP) is 5.05. The largest absolute Gasteiger partial charge is 0.306 e. The fourth-order valence-electron chi connectivity index (χ4n) is 2.41. The molecular weight excluding hydrogens is 219 g/mol. The Balaban J connectivity index is 2.79. The molecule has 0 fully saturated rings. The topological polar surface area (TPSA) is 0 Å². The Morgan fingerprint density at radius 3 is 1.88 bits per heavy atom. The minimum atomic E-state index is -0.865. The molecule has 0 unspecified atom stereocenters. The summed E-state index contributed by atoms with van der Waals surface area (Å²) in [5.41, 5.74) is 1.37. The van der Waals surface area contributed by atoms with E-state index >= 15 is 0 Å². The second-order valence-electron chi connectivity index (χ2n) is 5.85. The molecule has 1 aromatic carbocycles. The summed E-state index contributed by atoms with van der Waals surface area (Å²) in [5, 5.41) is 2.76. The van der Waals surface area contributed by atoms with Gasteiger partial charge in [-0.3, -0.25) is 0 Å². The lowest BCUT2D eigenvalue weighted by atomic mass is 10.2. The summed E-state index contributed by atoms with van der Waals surface area (Å²) in [6.07, 6.45) is 0. The van der Waals surface area contributed by atoms with Crippen molar-refractivity contribution in [2.75, 3.05) is 0 Å². The van der Waals surface area contributed by atoms with Gasteiger partial charge in [-0.1, -0.05) is 80.4 Å². The van der Waals surface area contributed by atoms with Gasteiger partial charge in [0, 0.05) is 0 Å². The maximum absolute atomic E-state index is 4.39. The zero-order valence-electron chi connectivity index (χ0n) is 11.7. The lowest BCUT2D eigenvalue weighted by Crippen LogP contribution is -2.19. The second kappa shape index (κ2) is 7.04. The molecule has 17 heavy (non-hydrogen) atoms. The Morgan fingerprint density at radius 1 is 1.00 bits per heavy atom. The Labute approximate surface area is 111 Å². The first-order chi connectivity index (χ1) is 8.00. The normalized spacial score (nSPS) is 10.9. The van der Waals surface area contributed by atoms with E-state index in [1.165, 1.54) is 20.6 Å². The van der Waals surface area contributed by atoms with E-state index in [2.05, 4.69) is 64.6 Å². The molecule has 0 atom stereocenters. The van der Waals surface area contributed by atoms with Gasteiger partial charge in [-0.15, -0.1) is 11.0 Å². The highest BCUT2D eigenvalue weighted by Gasteiger charge is 2.23. The Hall–Kier alpha value is -0.508. The van der Waals surface area contributed by atoms with Crippen molar-refractivity contribution in [2.45, 2.75) is 38.3 Å². The van der Waals surface area contributed by atoms with Gasteiger partial charge in [0.05, 0.1) is 0 Å². The van der Waals surface area contributed by atoms with Gasteiger partial charge in [0.25, 0.3) is 0 Å².